The third kappa shape index (κ3) is 6.35. The van der Waals surface area contributed by atoms with Crippen molar-refractivity contribution in [3.63, 3.8) is 0 Å². The molecule has 2 aliphatic rings. The highest BCUT2D eigenvalue weighted by Crippen LogP contribution is 2.42. The van der Waals surface area contributed by atoms with E-state index in [4.69, 9.17) is 31.8 Å². The van der Waals surface area contributed by atoms with Gasteiger partial charge in [-0.25, -0.2) is 27.7 Å². The van der Waals surface area contributed by atoms with Crippen LogP contribution in [0.25, 0.3) is 22.8 Å². The van der Waals surface area contributed by atoms with E-state index in [-0.39, 0.29) is 23.2 Å². The first-order chi connectivity index (χ1) is 18.9. The van der Waals surface area contributed by atoms with Gasteiger partial charge >= 0.3 is 12.1 Å². The first-order valence-corrected chi connectivity index (χ1v) is 14.2. The van der Waals surface area contributed by atoms with E-state index in [0.717, 1.165) is 12.8 Å². The highest BCUT2D eigenvalue weighted by Gasteiger charge is 2.49. The largest absolute Gasteiger partial charge is 0.490 e. The molecule has 1 saturated carbocycles. The average molecular weight is 617 g/mol. The van der Waals surface area contributed by atoms with Crippen molar-refractivity contribution >= 4 is 33.1 Å². The zero-order chi connectivity index (χ0) is 30.4. The SMILES string of the molecule is CC1(C)C(N)=N[C@](C)(c2cc(-c3cc(-c4ncc(Cl)cn4)no3)ccc2F)C[S@]1(=O)=NC1CC1.O=C(O)C(F)(F)F. The Kier molecular flexibility index (Phi) is 7.90. The van der Waals surface area contributed by atoms with Gasteiger partial charge in [-0.1, -0.05) is 16.8 Å². The predicted octanol–water partition coefficient (Wildman–Crippen LogP) is 5.22. The number of hydrogen-bond acceptors (Lipinski definition) is 9. The standard InChI is InChI=1S/C23H24ClFN6O2S.C2HF3O2/c1-22(2)21(26)29-23(3,12-34(22,32)31-15-5-6-15)16-8-13(4-7-17(16)25)19-9-18(30-33-19)20-27-10-14(24)11-28-20;3-2(4,5)1(6)7/h4,7-11,15H,5-6,12H2,1-3H3,(H2,26,29);(H,6,7)/t23-,34+;/m0./s1. The van der Waals surface area contributed by atoms with Crippen LogP contribution < -0.4 is 5.73 Å². The summed E-state index contributed by atoms with van der Waals surface area (Å²) >= 11 is 5.85. The van der Waals surface area contributed by atoms with Crippen LogP contribution in [0.1, 0.15) is 39.2 Å². The number of nitrogens with two attached hydrogens (primary N) is 1. The van der Waals surface area contributed by atoms with Crippen LogP contribution in [0.15, 0.2) is 50.5 Å². The molecule has 220 valence electrons. The second kappa shape index (κ2) is 10.7. The fourth-order valence-electron chi connectivity index (χ4n) is 3.94. The zero-order valence-electron chi connectivity index (χ0n) is 21.9. The zero-order valence-corrected chi connectivity index (χ0v) is 23.5. The third-order valence-electron chi connectivity index (χ3n) is 6.56. The molecule has 3 heterocycles. The van der Waals surface area contributed by atoms with Gasteiger partial charge in [0, 0.05) is 29.6 Å². The second-order valence-electron chi connectivity index (χ2n) is 10.2. The molecule has 16 heteroatoms. The lowest BCUT2D eigenvalue weighted by Gasteiger charge is -2.40. The molecule has 3 aromatic rings. The third-order valence-corrected chi connectivity index (χ3v) is 10.1. The Morgan fingerprint density at radius 1 is 1.20 bits per heavy atom. The van der Waals surface area contributed by atoms with Crippen LogP contribution in [0.3, 0.4) is 0 Å². The van der Waals surface area contributed by atoms with Crippen molar-refractivity contribution in [2.75, 3.05) is 5.75 Å². The molecule has 1 aliphatic heterocycles. The van der Waals surface area contributed by atoms with E-state index in [2.05, 4.69) is 24.5 Å². The molecule has 1 aliphatic carbocycles. The van der Waals surface area contributed by atoms with E-state index in [1.54, 1.807) is 39.0 Å². The lowest BCUT2D eigenvalue weighted by atomic mass is 9.91. The summed E-state index contributed by atoms with van der Waals surface area (Å²) in [5.41, 5.74) is 6.41. The maximum Gasteiger partial charge on any atom is 0.490 e. The minimum atomic E-state index is -5.08. The fourth-order valence-corrected chi connectivity index (χ4v) is 6.78. The number of carboxylic acids is 1. The van der Waals surface area contributed by atoms with Gasteiger partial charge in [0.2, 0.25) is 0 Å². The van der Waals surface area contributed by atoms with Gasteiger partial charge in [0.25, 0.3) is 0 Å². The molecule has 5 rings (SSSR count). The number of amidine groups is 1. The summed E-state index contributed by atoms with van der Waals surface area (Å²) in [6.45, 7) is 5.33. The van der Waals surface area contributed by atoms with Crippen molar-refractivity contribution < 1.29 is 36.2 Å². The summed E-state index contributed by atoms with van der Waals surface area (Å²) < 4.78 is 70.2. The Morgan fingerprint density at radius 2 is 1.80 bits per heavy atom. The molecule has 3 N–H and O–H groups in total. The highest BCUT2D eigenvalue weighted by atomic mass is 35.5. The molecule has 0 radical (unpaired) electrons. The highest BCUT2D eigenvalue weighted by molar-refractivity contribution is 7.95. The van der Waals surface area contributed by atoms with Crippen LogP contribution in [0.5, 0.6) is 0 Å². The lowest BCUT2D eigenvalue weighted by molar-refractivity contribution is -0.192. The van der Waals surface area contributed by atoms with Gasteiger partial charge in [-0.15, -0.1) is 0 Å². The van der Waals surface area contributed by atoms with Gasteiger partial charge in [-0.2, -0.15) is 13.2 Å². The van der Waals surface area contributed by atoms with E-state index >= 15 is 4.39 Å². The number of carbonyl (C=O) groups is 1. The smallest absolute Gasteiger partial charge is 0.475 e. The van der Waals surface area contributed by atoms with Crippen LogP contribution >= 0.6 is 11.6 Å². The van der Waals surface area contributed by atoms with Crippen molar-refractivity contribution in [1.82, 2.24) is 15.1 Å². The van der Waals surface area contributed by atoms with Crippen LogP contribution in [0, 0.1) is 5.82 Å². The topological polar surface area (TPSA) is 157 Å². The van der Waals surface area contributed by atoms with Crippen LogP contribution in [0.4, 0.5) is 17.6 Å². The molecule has 2 aromatic heterocycles. The normalized spacial score (nSPS) is 23.7. The van der Waals surface area contributed by atoms with Gasteiger partial charge in [-0.05, 0) is 51.8 Å². The van der Waals surface area contributed by atoms with Gasteiger partial charge < -0.3 is 15.4 Å². The molecule has 10 nitrogen and oxygen atoms in total. The summed E-state index contributed by atoms with van der Waals surface area (Å²) in [5.74, 6) is -2.20. The van der Waals surface area contributed by atoms with E-state index in [1.807, 2.05) is 0 Å². The Labute approximate surface area is 237 Å². The Balaban J connectivity index is 0.000000493. The molecule has 0 spiro atoms. The molecule has 2 atom stereocenters. The molecule has 1 fully saturated rings. The number of alkyl halides is 3. The number of aliphatic imine (C=N–C) groups is 1. The Morgan fingerprint density at radius 3 is 2.37 bits per heavy atom. The summed E-state index contributed by atoms with van der Waals surface area (Å²) in [5, 5.41) is 11.6. The van der Waals surface area contributed by atoms with Crippen molar-refractivity contribution in [3.8, 4) is 22.8 Å². The monoisotopic (exact) mass is 616 g/mol. The second-order valence-corrected chi connectivity index (χ2v) is 13.4. The number of aliphatic carboxylic acids is 1. The summed E-state index contributed by atoms with van der Waals surface area (Å²) in [4.78, 5) is 21.8. The van der Waals surface area contributed by atoms with Crippen molar-refractivity contribution in [2.24, 2.45) is 15.1 Å². The molecule has 0 bridgehead atoms. The maximum atomic E-state index is 15.2. The number of benzene rings is 1. The number of carboxylic acid groups (broad SMARTS) is 1. The predicted molar refractivity (Wildman–Crippen MR) is 143 cm³/mol. The Bertz CT molecular complexity index is 1630. The molecule has 0 saturated heterocycles. The maximum absolute atomic E-state index is 15.2. The van der Waals surface area contributed by atoms with Crippen LogP contribution in [0.2, 0.25) is 5.02 Å². The quantitative estimate of drug-likeness (QED) is 0.378. The van der Waals surface area contributed by atoms with Crippen LogP contribution in [-0.2, 0) is 20.1 Å². The first kappa shape index (κ1) is 30.4. The average Bonchev–Trinajstić information content (AvgIpc) is 3.54. The molecule has 0 unspecified atom stereocenters. The van der Waals surface area contributed by atoms with Crippen molar-refractivity contribution in [1.29, 1.82) is 0 Å². The van der Waals surface area contributed by atoms with Gasteiger partial charge in [-0.3, -0.25) is 4.99 Å². The van der Waals surface area contributed by atoms with Crippen molar-refractivity contribution in [3.05, 3.63) is 53.1 Å². The first-order valence-electron chi connectivity index (χ1n) is 12.1. The lowest BCUT2D eigenvalue weighted by Crippen LogP contribution is -2.55. The molecule has 1 aromatic carbocycles. The fraction of sp³-hybridized carbons (Fsp3) is 0.400. The molecular formula is C25H25ClF4N6O4S. The summed E-state index contributed by atoms with van der Waals surface area (Å²) in [7, 11) is -2.80. The van der Waals surface area contributed by atoms with E-state index in [1.165, 1.54) is 18.5 Å². The summed E-state index contributed by atoms with van der Waals surface area (Å²) in [6.07, 6.45) is -0.329. The van der Waals surface area contributed by atoms with Crippen molar-refractivity contribution in [2.45, 2.75) is 56.1 Å². The van der Waals surface area contributed by atoms with E-state index in [0.29, 0.717) is 27.9 Å². The van der Waals surface area contributed by atoms with Gasteiger partial charge in [0.05, 0.1) is 26.5 Å². The molecular weight excluding hydrogens is 592 g/mol. The Hall–Kier alpha value is -3.59. The minimum Gasteiger partial charge on any atom is -0.475 e. The number of rotatable bonds is 4. The minimum absolute atomic E-state index is 0.0702. The number of hydrogen-bond donors (Lipinski definition) is 2. The van der Waals surface area contributed by atoms with E-state index in [9.17, 15) is 17.4 Å². The molecule has 41 heavy (non-hydrogen) atoms. The van der Waals surface area contributed by atoms with E-state index < -0.39 is 38.0 Å². The van der Waals surface area contributed by atoms with Gasteiger partial charge in [0.1, 0.15) is 21.9 Å². The number of halogens is 5. The van der Waals surface area contributed by atoms with Crippen LogP contribution in [-0.4, -0.2) is 59.0 Å². The molecule has 0 amide bonds. The van der Waals surface area contributed by atoms with Gasteiger partial charge in [0.15, 0.2) is 17.3 Å². The number of aromatic nitrogens is 3. The summed E-state index contributed by atoms with van der Waals surface area (Å²) in [6, 6.07) is 6.29. The number of nitrogens with zero attached hydrogens (tertiary/aromatic N) is 5.